The molecule has 1 aliphatic rings. The molecule has 0 amide bonds. The van der Waals surface area contributed by atoms with Gasteiger partial charge in [-0.15, -0.1) is 0 Å². The molecule has 0 atom stereocenters. The van der Waals surface area contributed by atoms with Crippen molar-refractivity contribution in [3.05, 3.63) is 120 Å². The van der Waals surface area contributed by atoms with E-state index in [0.29, 0.717) is 0 Å². The van der Waals surface area contributed by atoms with Crippen LogP contribution in [0.15, 0.2) is 109 Å². The maximum Gasteiger partial charge on any atom is 0.128 e. The van der Waals surface area contributed by atoms with Gasteiger partial charge in [-0.3, -0.25) is 0 Å². The van der Waals surface area contributed by atoms with E-state index in [-0.39, 0.29) is 5.41 Å². The zero-order valence-corrected chi connectivity index (χ0v) is 20.7. The molecule has 176 valence electrons. The van der Waals surface area contributed by atoms with Crippen molar-refractivity contribution < 1.29 is 4.74 Å². The maximum absolute atomic E-state index is 5.74. The number of rotatable bonds is 5. The molecule has 1 aliphatic carbocycles. The van der Waals surface area contributed by atoms with Crippen molar-refractivity contribution in [2.24, 2.45) is 0 Å². The third-order valence-corrected chi connectivity index (χ3v) is 7.17. The van der Waals surface area contributed by atoms with Crippen molar-refractivity contribution in [1.29, 1.82) is 0 Å². The largest absolute Gasteiger partial charge is 0.496 e. The summed E-state index contributed by atoms with van der Waals surface area (Å²) in [6.45, 7) is 4.51. The van der Waals surface area contributed by atoms with Crippen LogP contribution in [0.25, 0.3) is 33.6 Å². The van der Waals surface area contributed by atoms with E-state index in [1.165, 1.54) is 22.3 Å². The second kappa shape index (κ2) is 8.69. The highest BCUT2D eigenvalue weighted by Crippen LogP contribution is 2.51. The summed E-state index contributed by atoms with van der Waals surface area (Å²) in [5.41, 5.74) is 11.0. The molecule has 0 radical (unpaired) electrons. The highest BCUT2D eigenvalue weighted by molar-refractivity contribution is 5.85. The van der Waals surface area contributed by atoms with Gasteiger partial charge in [0.05, 0.1) is 18.5 Å². The fourth-order valence-electron chi connectivity index (χ4n) is 5.30. The molecule has 3 heteroatoms. The van der Waals surface area contributed by atoms with Gasteiger partial charge < -0.3 is 10.1 Å². The second-order valence-corrected chi connectivity index (χ2v) is 9.72. The molecule has 6 rings (SSSR count). The molecule has 0 saturated carbocycles. The average Bonchev–Trinajstić information content (AvgIpc) is 3.16. The fraction of sp³-hybridized carbons (Fsp3) is 0.121. The summed E-state index contributed by atoms with van der Waals surface area (Å²) >= 11 is 0. The predicted octanol–water partition coefficient (Wildman–Crippen LogP) is 8.47. The maximum atomic E-state index is 5.74. The van der Waals surface area contributed by atoms with Gasteiger partial charge in [-0.25, -0.2) is 4.98 Å². The molecule has 3 nitrogen and oxygen atoms in total. The molecule has 0 saturated heterocycles. The third-order valence-electron chi connectivity index (χ3n) is 7.17. The number of nitrogens with zero attached hydrogens (tertiary/aromatic N) is 1. The number of methoxy groups -OCH3 is 1. The van der Waals surface area contributed by atoms with Crippen molar-refractivity contribution >= 4 is 11.4 Å². The first-order valence-electron chi connectivity index (χ1n) is 12.3. The topological polar surface area (TPSA) is 34.1 Å². The van der Waals surface area contributed by atoms with E-state index in [4.69, 9.17) is 9.72 Å². The highest BCUT2D eigenvalue weighted by atomic mass is 16.5. The molecule has 36 heavy (non-hydrogen) atoms. The second-order valence-electron chi connectivity index (χ2n) is 9.72. The van der Waals surface area contributed by atoms with E-state index in [1.807, 2.05) is 12.1 Å². The minimum atomic E-state index is -0.116. The summed E-state index contributed by atoms with van der Waals surface area (Å²) in [6.07, 6.45) is 0. The molecule has 5 aromatic rings. The van der Waals surface area contributed by atoms with Crippen LogP contribution in [0.2, 0.25) is 0 Å². The van der Waals surface area contributed by atoms with Gasteiger partial charge in [0.25, 0.3) is 0 Å². The molecule has 1 N–H and O–H groups in total. The molecule has 1 heterocycles. The van der Waals surface area contributed by atoms with Gasteiger partial charge in [-0.2, -0.15) is 0 Å². The first-order valence-corrected chi connectivity index (χ1v) is 12.3. The SMILES string of the molecule is COc1cccc2c1-c1nc(-c3cccc(Nc4ccccc4-c4ccccc4)c3)ccc1C2(C)C. The van der Waals surface area contributed by atoms with Crippen LogP contribution in [0, 0.1) is 0 Å². The summed E-state index contributed by atoms with van der Waals surface area (Å²) in [5.74, 6) is 0.872. The molecule has 1 aromatic heterocycles. The molecule has 0 spiro atoms. The first-order chi connectivity index (χ1) is 17.6. The Balaban J connectivity index is 1.39. The van der Waals surface area contributed by atoms with Crippen LogP contribution in [0.1, 0.15) is 25.0 Å². The molecular formula is C33H28N2O. The summed E-state index contributed by atoms with van der Waals surface area (Å²) in [6, 6.07) is 38.0. The van der Waals surface area contributed by atoms with Gasteiger partial charge in [0.1, 0.15) is 5.75 Å². The molecule has 4 aromatic carbocycles. The van der Waals surface area contributed by atoms with Crippen molar-refractivity contribution in [3.63, 3.8) is 0 Å². The fourth-order valence-corrected chi connectivity index (χ4v) is 5.30. The molecule has 0 aliphatic heterocycles. The predicted molar refractivity (Wildman–Crippen MR) is 149 cm³/mol. The lowest BCUT2D eigenvalue weighted by Gasteiger charge is -2.21. The van der Waals surface area contributed by atoms with Gasteiger partial charge in [-0.05, 0) is 47.0 Å². The Bertz CT molecular complexity index is 1570. The molecule has 0 bridgehead atoms. The van der Waals surface area contributed by atoms with Crippen LogP contribution in [0.4, 0.5) is 11.4 Å². The van der Waals surface area contributed by atoms with Crippen LogP contribution >= 0.6 is 0 Å². The number of aromatic nitrogens is 1. The lowest BCUT2D eigenvalue weighted by atomic mass is 9.82. The van der Waals surface area contributed by atoms with Crippen LogP contribution in [0.5, 0.6) is 5.75 Å². The summed E-state index contributed by atoms with van der Waals surface area (Å²) in [5, 5.41) is 3.63. The van der Waals surface area contributed by atoms with E-state index < -0.39 is 0 Å². The van der Waals surface area contributed by atoms with Gasteiger partial charge >= 0.3 is 0 Å². The molecule has 0 fully saturated rings. The Labute approximate surface area is 212 Å². The Morgan fingerprint density at radius 3 is 2.28 bits per heavy atom. The lowest BCUT2D eigenvalue weighted by Crippen LogP contribution is -2.15. The Morgan fingerprint density at radius 2 is 1.44 bits per heavy atom. The number of pyridine rings is 1. The number of nitrogens with one attached hydrogen (secondary N) is 1. The number of anilines is 2. The number of hydrogen-bond donors (Lipinski definition) is 1. The number of para-hydroxylation sites is 1. The Morgan fingerprint density at radius 1 is 0.694 bits per heavy atom. The van der Waals surface area contributed by atoms with Crippen molar-refractivity contribution in [3.8, 4) is 39.4 Å². The van der Waals surface area contributed by atoms with Crippen molar-refractivity contribution in [1.82, 2.24) is 4.98 Å². The van der Waals surface area contributed by atoms with Gasteiger partial charge in [0.15, 0.2) is 0 Å². The van der Waals surface area contributed by atoms with Crippen LogP contribution < -0.4 is 10.1 Å². The van der Waals surface area contributed by atoms with Crippen molar-refractivity contribution in [2.75, 3.05) is 12.4 Å². The average molecular weight is 469 g/mol. The molecular weight excluding hydrogens is 440 g/mol. The third kappa shape index (κ3) is 3.64. The van der Waals surface area contributed by atoms with Crippen LogP contribution in [-0.4, -0.2) is 12.1 Å². The van der Waals surface area contributed by atoms with Gasteiger partial charge in [0, 0.05) is 33.5 Å². The minimum Gasteiger partial charge on any atom is -0.496 e. The van der Waals surface area contributed by atoms with E-state index >= 15 is 0 Å². The van der Waals surface area contributed by atoms with Crippen molar-refractivity contribution in [2.45, 2.75) is 19.3 Å². The standard InChI is InChI=1S/C33H28N2O/c1-33(2)26-16-10-18-30(36-3)31(26)32-27(33)19-20-28(35-32)23-13-9-14-24(21-23)34-29-17-8-7-15-25(29)22-11-5-4-6-12-22/h4-21,34H,1-3H3. The normalized spacial score (nSPS) is 13.1. The quantitative estimate of drug-likeness (QED) is 0.281. The number of ether oxygens (including phenoxy) is 1. The Kier molecular flexibility index (Phi) is 5.34. The number of benzene rings is 4. The van der Waals surface area contributed by atoms with E-state index in [0.717, 1.165) is 39.6 Å². The Hall–Kier alpha value is -4.37. The zero-order chi connectivity index (χ0) is 24.7. The lowest BCUT2D eigenvalue weighted by molar-refractivity contribution is 0.416. The van der Waals surface area contributed by atoms with E-state index in [1.54, 1.807) is 7.11 Å². The minimum absolute atomic E-state index is 0.116. The highest BCUT2D eigenvalue weighted by Gasteiger charge is 2.38. The zero-order valence-electron chi connectivity index (χ0n) is 20.7. The monoisotopic (exact) mass is 468 g/mol. The van der Waals surface area contributed by atoms with E-state index in [2.05, 4.69) is 116 Å². The van der Waals surface area contributed by atoms with E-state index in [9.17, 15) is 0 Å². The number of fused-ring (bicyclic) bond motifs is 3. The first kappa shape index (κ1) is 22.1. The summed E-state index contributed by atoms with van der Waals surface area (Å²) in [7, 11) is 1.73. The van der Waals surface area contributed by atoms with Crippen LogP contribution in [-0.2, 0) is 5.41 Å². The molecule has 0 unspecified atom stereocenters. The smallest absolute Gasteiger partial charge is 0.128 e. The summed E-state index contributed by atoms with van der Waals surface area (Å²) in [4.78, 5) is 5.17. The van der Waals surface area contributed by atoms with Gasteiger partial charge in [0.2, 0.25) is 0 Å². The summed E-state index contributed by atoms with van der Waals surface area (Å²) < 4.78 is 5.74. The van der Waals surface area contributed by atoms with Crippen LogP contribution in [0.3, 0.4) is 0 Å². The number of hydrogen-bond acceptors (Lipinski definition) is 3. The van der Waals surface area contributed by atoms with Gasteiger partial charge in [-0.1, -0.05) is 92.7 Å².